The lowest BCUT2D eigenvalue weighted by Gasteiger charge is -2.17. The Morgan fingerprint density at radius 2 is 1.72 bits per heavy atom. The summed E-state index contributed by atoms with van der Waals surface area (Å²) in [6, 6.07) is 9.44. The number of carbonyl (C=O) groups is 1. The van der Waals surface area contributed by atoms with Crippen molar-refractivity contribution in [2.24, 2.45) is 0 Å². The van der Waals surface area contributed by atoms with Crippen LogP contribution < -0.4 is 18.9 Å². The Hall–Kier alpha value is -2.67. The van der Waals surface area contributed by atoms with Gasteiger partial charge in [-0.25, -0.2) is 4.79 Å². The lowest BCUT2D eigenvalue weighted by Crippen LogP contribution is -2.02. The highest BCUT2D eigenvalue weighted by atomic mass is 79.9. The molecule has 2 rings (SSSR count). The topological polar surface area (TPSA) is 63.2 Å². The molecule has 0 radical (unpaired) electrons. The fourth-order valence-electron chi connectivity index (χ4n) is 2.56. The standard InChI is InChI=1S/C22H25BrO6/c1-5-27-17-10-7-15(8-11-17)14-29-21-18(25-3)13-16(20(23)22(21)26-4)9-12-19(24)28-6-2/h7-13H,5-6,14H2,1-4H3. The fourth-order valence-corrected chi connectivity index (χ4v) is 3.15. The van der Waals surface area contributed by atoms with Crippen LogP contribution in [0.4, 0.5) is 0 Å². The minimum atomic E-state index is -0.423. The van der Waals surface area contributed by atoms with Gasteiger partial charge in [-0.2, -0.15) is 0 Å². The Kier molecular flexibility index (Phi) is 8.86. The van der Waals surface area contributed by atoms with Crippen LogP contribution in [-0.4, -0.2) is 33.4 Å². The summed E-state index contributed by atoms with van der Waals surface area (Å²) in [6.45, 7) is 4.96. The van der Waals surface area contributed by atoms with Gasteiger partial charge in [0.05, 0.1) is 31.9 Å². The predicted molar refractivity (Wildman–Crippen MR) is 115 cm³/mol. The highest BCUT2D eigenvalue weighted by Crippen LogP contribution is 2.45. The average molecular weight is 465 g/mol. The fraction of sp³-hybridized carbons (Fsp3) is 0.318. The van der Waals surface area contributed by atoms with E-state index in [-0.39, 0.29) is 0 Å². The van der Waals surface area contributed by atoms with E-state index in [1.807, 2.05) is 31.2 Å². The van der Waals surface area contributed by atoms with Crippen LogP contribution in [0, 0.1) is 0 Å². The van der Waals surface area contributed by atoms with Gasteiger partial charge in [-0.1, -0.05) is 12.1 Å². The summed E-state index contributed by atoms with van der Waals surface area (Å²) < 4.78 is 28.0. The molecule has 0 saturated heterocycles. The molecule has 0 heterocycles. The molecule has 0 aromatic heterocycles. The zero-order valence-corrected chi connectivity index (χ0v) is 18.6. The lowest BCUT2D eigenvalue weighted by molar-refractivity contribution is -0.137. The quantitative estimate of drug-likeness (QED) is 0.363. The first kappa shape index (κ1) is 22.6. The van der Waals surface area contributed by atoms with Gasteiger partial charge >= 0.3 is 5.97 Å². The Morgan fingerprint density at radius 1 is 1.00 bits per heavy atom. The minimum Gasteiger partial charge on any atom is -0.494 e. The molecule has 0 atom stereocenters. The van der Waals surface area contributed by atoms with E-state index in [0.29, 0.717) is 47.1 Å². The number of hydrogen-bond donors (Lipinski definition) is 0. The third-order valence-electron chi connectivity index (χ3n) is 3.90. The molecule has 0 aliphatic rings. The van der Waals surface area contributed by atoms with E-state index in [2.05, 4.69) is 15.9 Å². The van der Waals surface area contributed by atoms with E-state index in [1.54, 1.807) is 33.3 Å². The Labute approximate surface area is 179 Å². The van der Waals surface area contributed by atoms with E-state index < -0.39 is 5.97 Å². The molecule has 156 valence electrons. The zero-order chi connectivity index (χ0) is 21.2. The van der Waals surface area contributed by atoms with Gasteiger partial charge in [-0.3, -0.25) is 0 Å². The lowest BCUT2D eigenvalue weighted by atomic mass is 10.1. The van der Waals surface area contributed by atoms with Gasteiger partial charge in [0, 0.05) is 6.08 Å². The number of halogens is 1. The van der Waals surface area contributed by atoms with Gasteiger partial charge in [0.25, 0.3) is 0 Å². The molecule has 0 amide bonds. The van der Waals surface area contributed by atoms with E-state index in [1.165, 1.54) is 6.08 Å². The van der Waals surface area contributed by atoms with E-state index >= 15 is 0 Å². The van der Waals surface area contributed by atoms with Crippen LogP contribution in [0.1, 0.15) is 25.0 Å². The molecular formula is C22H25BrO6. The SMILES string of the molecule is CCOC(=O)C=Cc1cc(OC)c(OCc2ccc(OCC)cc2)c(OC)c1Br. The second-order valence-corrected chi connectivity index (χ2v) is 6.59. The highest BCUT2D eigenvalue weighted by Gasteiger charge is 2.19. The summed E-state index contributed by atoms with van der Waals surface area (Å²) in [5, 5.41) is 0. The van der Waals surface area contributed by atoms with Gasteiger partial charge < -0.3 is 23.7 Å². The third kappa shape index (κ3) is 6.15. The van der Waals surface area contributed by atoms with Crippen LogP contribution in [0.25, 0.3) is 6.08 Å². The average Bonchev–Trinajstić information content (AvgIpc) is 2.73. The summed E-state index contributed by atoms with van der Waals surface area (Å²) in [5.41, 5.74) is 1.67. The monoisotopic (exact) mass is 464 g/mol. The number of rotatable bonds is 10. The molecule has 7 heteroatoms. The van der Waals surface area contributed by atoms with Crippen LogP contribution in [0.2, 0.25) is 0 Å². The largest absolute Gasteiger partial charge is 0.494 e. The Morgan fingerprint density at radius 3 is 2.31 bits per heavy atom. The van der Waals surface area contributed by atoms with Gasteiger partial charge in [0.2, 0.25) is 5.75 Å². The minimum absolute atomic E-state index is 0.315. The van der Waals surface area contributed by atoms with Crippen molar-refractivity contribution in [3.8, 4) is 23.0 Å². The Bertz CT molecular complexity index is 845. The van der Waals surface area contributed by atoms with Crippen molar-refractivity contribution >= 4 is 28.0 Å². The number of esters is 1. The van der Waals surface area contributed by atoms with Crippen molar-refractivity contribution in [3.05, 3.63) is 52.0 Å². The van der Waals surface area contributed by atoms with E-state index in [4.69, 9.17) is 23.7 Å². The van der Waals surface area contributed by atoms with Crippen LogP contribution in [0.15, 0.2) is 40.9 Å². The molecule has 6 nitrogen and oxygen atoms in total. The summed E-state index contributed by atoms with van der Waals surface area (Å²) in [5.74, 6) is 1.81. The number of methoxy groups -OCH3 is 2. The van der Waals surface area contributed by atoms with Crippen LogP contribution in [-0.2, 0) is 16.1 Å². The van der Waals surface area contributed by atoms with E-state index in [0.717, 1.165) is 11.3 Å². The summed E-state index contributed by atoms with van der Waals surface area (Å²) >= 11 is 3.52. The van der Waals surface area contributed by atoms with Gasteiger partial charge in [-0.05, 0) is 65.2 Å². The van der Waals surface area contributed by atoms with Crippen molar-refractivity contribution in [2.75, 3.05) is 27.4 Å². The zero-order valence-electron chi connectivity index (χ0n) is 17.0. The maximum atomic E-state index is 11.6. The van der Waals surface area contributed by atoms with Crippen molar-refractivity contribution in [2.45, 2.75) is 20.5 Å². The summed E-state index contributed by atoms with van der Waals surface area (Å²) in [4.78, 5) is 11.6. The molecule has 0 bridgehead atoms. The third-order valence-corrected chi connectivity index (χ3v) is 4.71. The van der Waals surface area contributed by atoms with E-state index in [9.17, 15) is 4.79 Å². The molecule has 0 aliphatic heterocycles. The molecule has 0 N–H and O–H groups in total. The predicted octanol–water partition coefficient (Wildman–Crippen LogP) is 5.02. The smallest absolute Gasteiger partial charge is 0.330 e. The van der Waals surface area contributed by atoms with Gasteiger partial charge in [-0.15, -0.1) is 0 Å². The number of ether oxygens (including phenoxy) is 5. The second kappa shape index (κ2) is 11.4. The number of carbonyl (C=O) groups excluding carboxylic acids is 1. The van der Waals surface area contributed by atoms with Crippen molar-refractivity contribution in [3.63, 3.8) is 0 Å². The molecular weight excluding hydrogens is 440 g/mol. The first-order chi connectivity index (χ1) is 14.0. The molecule has 2 aromatic rings. The maximum absolute atomic E-state index is 11.6. The normalized spacial score (nSPS) is 10.7. The van der Waals surface area contributed by atoms with Crippen LogP contribution in [0.3, 0.4) is 0 Å². The van der Waals surface area contributed by atoms with Gasteiger partial charge in [0.15, 0.2) is 11.5 Å². The first-order valence-electron chi connectivity index (χ1n) is 9.17. The second-order valence-electron chi connectivity index (χ2n) is 5.80. The number of hydrogen-bond acceptors (Lipinski definition) is 6. The van der Waals surface area contributed by atoms with Gasteiger partial charge in [0.1, 0.15) is 12.4 Å². The summed E-state index contributed by atoms with van der Waals surface area (Å²) in [7, 11) is 3.09. The molecule has 0 aliphatic carbocycles. The molecule has 0 fully saturated rings. The van der Waals surface area contributed by atoms with Crippen LogP contribution >= 0.6 is 15.9 Å². The maximum Gasteiger partial charge on any atom is 0.330 e. The van der Waals surface area contributed by atoms with Crippen LogP contribution in [0.5, 0.6) is 23.0 Å². The molecule has 0 spiro atoms. The number of benzene rings is 2. The van der Waals surface area contributed by atoms with Crippen molar-refractivity contribution in [1.82, 2.24) is 0 Å². The van der Waals surface area contributed by atoms with Crippen molar-refractivity contribution in [1.29, 1.82) is 0 Å². The molecule has 2 aromatic carbocycles. The summed E-state index contributed by atoms with van der Waals surface area (Å²) in [6.07, 6.45) is 2.98. The highest BCUT2D eigenvalue weighted by molar-refractivity contribution is 9.10. The Balaban J connectivity index is 2.26. The van der Waals surface area contributed by atoms with Crippen molar-refractivity contribution < 1.29 is 28.5 Å². The first-order valence-corrected chi connectivity index (χ1v) is 9.97. The molecule has 0 saturated carbocycles. The molecule has 29 heavy (non-hydrogen) atoms. The molecule has 0 unspecified atom stereocenters.